The lowest BCUT2D eigenvalue weighted by atomic mass is 10.0. The number of nitrogens with one attached hydrogen (secondary N) is 3. The van der Waals surface area contributed by atoms with Crippen LogP contribution in [-0.4, -0.2) is 58.4 Å². The predicted octanol–water partition coefficient (Wildman–Crippen LogP) is 2.04. The minimum atomic E-state index is -0.130. The smallest absolute Gasteiger partial charge is 0.251 e. The van der Waals surface area contributed by atoms with E-state index in [0.717, 1.165) is 19.6 Å². The van der Waals surface area contributed by atoms with Gasteiger partial charge in [-0.15, -0.1) is 0 Å². The minimum absolute atomic E-state index is 0.130. The number of amides is 1. The number of ether oxygens (including phenoxy) is 2. The minimum Gasteiger partial charge on any atom is -0.497 e. The number of nitrogens with zero attached hydrogens (tertiary/aromatic N) is 1. The van der Waals surface area contributed by atoms with Crippen molar-refractivity contribution in [2.75, 3.05) is 40.4 Å². The molecule has 1 aromatic rings. The van der Waals surface area contributed by atoms with Crippen molar-refractivity contribution in [3.63, 3.8) is 0 Å². The average molecular weight is 379 g/mol. The SMILES string of the molecule is CCOC(CCNC(=NC)NCCNC(=O)c1cccc(OC)c1)C(C)C. The molecule has 1 rings (SSSR count). The summed E-state index contributed by atoms with van der Waals surface area (Å²) in [5.74, 6) is 1.73. The van der Waals surface area contributed by atoms with Gasteiger partial charge in [-0.25, -0.2) is 0 Å². The Morgan fingerprint density at radius 2 is 1.85 bits per heavy atom. The molecule has 1 unspecified atom stereocenters. The van der Waals surface area contributed by atoms with Crippen LogP contribution in [0.25, 0.3) is 0 Å². The monoisotopic (exact) mass is 378 g/mol. The summed E-state index contributed by atoms with van der Waals surface area (Å²) in [6.45, 7) is 8.92. The summed E-state index contributed by atoms with van der Waals surface area (Å²) in [5.41, 5.74) is 0.576. The Morgan fingerprint density at radius 3 is 2.48 bits per heavy atom. The number of benzene rings is 1. The van der Waals surface area contributed by atoms with Gasteiger partial charge in [0.1, 0.15) is 5.75 Å². The molecule has 1 atom stereocenters. The number of carbonyl (C=O) groups excluding carboxylic acids is 1. The molecule has 1 amide bonds. The summed E-state index contributed by atoms with van der Waals surface area (Å²) in [6.07, 6.45) is 1.15. The van der Waals surface area contributed by atoms with E-state index in [-0.39, 0.29) is 12.0 Å². The van der Waals surface area contributed by atoms with Crippen LogP contribution in [0.4, 0.5) is 0 Å². The van der Waals surface area contributed by atoms with Crippen molar-refractivity contribution in [2.45, 2.75) is 33.3 Å². The quantitative estimate of drug-likeness (QED) is 0.312. The van der Waals surface area contributed by atoms with Crippen LogP contribution in [0.3, 0.4) is 0 Å². The topological polar surface area (TPSA) is 84.0 Å². The van der Waals surface area contributed by atoms with E-state index in [2.05, 4.69) is 34.8 Å². The van der Waals surface area contributed by atoms with Crippen LogP contribution in [0.5, 0.6) is 5.75 Å². The summed E-state index contributed by atoms with van der Waals surface area (Å²) in [6, 6.07) is 7.08. The molecule has 7 nitrogen and oxygen atoms in total. The number of rotatable bonds is 11. The van der Waals surface area contributed by atoms with Gasteiger partial charge in [-0.3, -0.25) is 9.79 Å². The van der Waals surface area contributed by atoms with Crippen LogP contribution in [0, 0.1) is 5.92 Å². The predicted molar refractivity (Wildman–Crippen MR) is 110 cm³/mol. The number of aliphatic imine (C=N–C) groups is 1. The number of hydrogen-bond acceptors (Lipinski definition) is 4. The van der Waals surface area contributed by atoms with Crippen LogP contribution in [0.2, 0.25) is 0 Å². The van der Waals surface area contributed by atoms with Crippen molar-refractivity contribution >= 4 is 11.9 Å². The Balaban J connectivity index is 2.29. The highest BCUT2D eigenvalue weighted by Crippen LogP contribution is 2.12. The van der Waals surface area contributed by atoms with Gasteiger partial charge in [0.2, 0.25) is 0 Å². The molecule has 0 saturated carbocycles. The van der Waals surface area contributed by atoms with Gasteiger partial charge in [-0.05, 0) is 37.5 Å². The molecule has 7 heteroatoms. The van der Waals surface area contributed by atoms with Crippen LogP contribution >= 0.6 is 0 Å². The maximum Gasteiger partial charge on any atom is 0.251 e. The second kappa shape index (κ2) is 13.0. The average Bonchev–Trinajstić information content (AvgIpc) is 2.68. The maximum absolute atomic E-state index is 12.1. The Hall–Kier alpha value is -2.28. The van der Waals surface area contributed by atoms with E-state index >= 15 is 0 Å². The molecule has 0 aliphatic heterocycles. The van der Waals surface area contributed by atoms with Crippen molar-refractivity contribution in [1.82, 2.24) is 16.0 Å². The first-order valence-electron chi connectivity index (χ1n) is 9.50. The van der Waals surface area contributed by atoms with Crippen molar-refractivity contribution in [1.29, 1.82) is 0 Å². The molecule has 0 radical (unpaired) electrons. The van der Waals surface area contributed by atoms with Crippen molar-refractivity contribution in [3.05, 3.63) is 29.8 Å². The molecule has 0 heterocycles. The molecular formula is C20H34N4O3. The number of carbonyl (C=O) groups is 1. The molecule has 152 valence electrons. The van der Waals surface area contributed by atoms with E-state index < -0.39 is 0 Å². The standard InChI is InChI=1S/C20H34N4O3/c1-6-27-18(15(2)3)10-11-23-20(21-4)24-13-12-22-19(25)16-8-7-9-17(14-16)26-5/h7-9,14-15,18H,6,10-13H2,1-5H3,(H,22,25)(H2,21,23,24). The van der Waals surface area contributed by atoms with E-state index in [1.165, 1.54) is 0 Å². The molecule has 0 bridgehead atoms. The highest BCUT2D eigenvalue weighted by Gasteiger charge is 2.13. The van der Waals surface area contributed by atoms with E-state index in [1.54, 1.807) is 32.4 Å². The highest BCUT2D eigenvalue weighted by atomic mass is 16.5. The van der Waals surface area contributed by atoms with E-state index in [9.17, 15) is 4.79 Å². The zero-order chi connectivity index (χ0) is 20.1. The Kier molecular flexibility index (Phi) is 10.9. The summed E-state index contributed by atoms with van der Waals surface area (Å²) in [5, 5.41) is 9.35. The third-order valence-electron chi connectivity index (χ3n) is 4.10. The third kappa shape index (κ3) is 8.77. The Labute approximate surface area is 162 Å². The third-order valence-corrected chi connectivity index (χ3v) is 4.10. The highest BCUT2D eigenvalue weighted by molar-refractivity contribution is 5.94. The fourth-order valence-corrected chi connectivity index (χ4v) is 2.60. The van der Waals surface area contributed by atoms with Gasteiger partial charge in [0, 0.05) is 38.9 Å². The normalized spacial score (nSPS) is 12.6. The molecule has 1 aromatic carbocycles. The van der Waals surface area contributed by atoms with Gasteiger partial charge in [0.25, 0.3) is 5.91 Å². The van der Waals surface area contributed by atoms with Crippen molar-refractivity contribution in [3.8, 4) is 5.75 Å². The second-order valence-electron chi connectivity index (χ2n) is 6.44. The molecule has 27 heavy (non-hydrogen) atoms. The summed E-state index contributed by atoms with van der Waals surface area (Å²) >= 11 is 0. The fourth-order valence-electron chi connectivity index (χ4n) is 2.60. The maximum atomic E-state index is 12.1. The second-order valence-corrected chi connectivity index (χ2v) is 6.44. The van der Waals surface area contributed by atoms with Crippen LogP contribution in [0.1, 0.15) is 37.6 Å². The summed E-state index contributed by atoms with van der Waals surface area (Å²) < 4.78 is 10.9. The molecule has 0 saturated heterocycles. The Bertz CT molecular complexity index is 590. The number of hydrogen-bond donors (Lipinski definition) is 3. The largest absolute Gasteiger partial charge is 0.497 e. The zero-order valence-electron chi connectivity index (χ0n) is 17.2. The first kappa shape index (κ1) is 22.8. The summed E-state index contributed by atoms with van der Waals surface area (Å²) in [4.78, 5) is 16.3. The van der Waals surface area contributed by atoms with Crippen molar-refractivity contribution in [2.24, 2.45) is 10.9 Å². The van der Waals surface area contributed by atoms with Gasteiger partial charge in [0.05, 0.1) is 13.2 Å². The van der Waals surface area contributed by atoms with Gasteiger partial charge >= 0.3 is 0 Å². The van der Waals surface area contributed by atoms with Crippen molar-refractivity contribution < 1.29 is 14.3 Å². The van der Waals surface area contributed by atoms with Gasteiger partial charge in [0.15, 0.2) is 5.96 Å². The van der Waals surface area contributed by atoms with Gasteiger partial charge in [-0.2, -0.15) is 0 Å². The fraction of sp³-hybridized carbons (Fsp3) is 0.600. The van der Waals surface area contributed by atoms with Gasteiger partial charge < -0.3 is 25.4 Å². The Morgan fingerprint density at radius 1 is 1.15 bits per heavy atom. The number of guanidine groups is 1. The lowest BCUT2D eigenvalue weighted by molar-refractivity contribution is 0.0258. The molecule has 0 spiro atoms. The lowest BCUT2D eigenvalue weighted by Gasteiger charge is -2.21. The van der Waals surface area contributed by atoms with Crippen LogP contribution < -0.4 is 20.7 Å². The molecular weight excluding hydrogens is 344 g/mol. The van der Waals surface area contributed by atoms with E-state index in [4.69, 9.17) is 9.47 Å². The van der Waals surface area contributed by atoms with E-state index in [0.29, 0.717) is 36.3 Å². The first-order valence-corrected chi connectivity index (χ1v) is 9.50. The van der Waals surface area contributed by atoms with E-state index in [1.807, 2.05) is 13.0 Å². The summed E-state index contributed by atoms with van der Waals surface area (Å²) in [7, 11) is 3.31. The lowest BCUT2D eigenvalue weighted by Crippen LogP contribution is -2.42. The molecule has 0 aliphatic rings. The van der Waals surface area contributed by atoms with Gasteiger partial charge in [-0.1, -0.05) is 19.9 Å². The molecule has 0 aliphatic carbocycles. The molecule has 0 aromatic heterocycles. The first-order chi connectivity index (χ1) is 13.0. The number of methoxy groups -OCH3 is 1. The molecule has 3 N–H and O–H groups in total. The molecule has 0 fully saturated rings. The van der Waals surface area contributed by atoms with Crippen LogP contribution in [0.15, 0.2) is 29.3 Å². The zero-order valence-corrected chi connectivity index (χ0v) is 17.2. The van der Waals surface area contributed by atoms with Crippen LogP contribution in [-0.2, 0) is 4.74 Å².